The van der Waals surface area contributed by atoms with Gasteiger partial charge in [0.25, 0.3) is 0 Å². The predicted octanol–water partition coefficient (Wildman–Crippen LogP) is 2.43. The molecule has 0 fully saturated rings. The Bertz CT molecular complexity index is 736. The van der Waals surface area contributed by atoms with E-state index in [-0.39, 0.29) is 0 Å². The number of hydrogen-bond donors (Lipinski definition) is 2. The van der Waals surface area contributed by atoms with Crippen molar-refractivity contribution in [3.05, 3.63) is 33.8 Å². The summed E-state index contributed by atoms with van der Waals surface area (Å²) in [4.78, 5) is 9.87. The van der Waals surface area contributed by atoms with E-state index >= 15 is 0 Å². The van der Waals surface area contributed by atoms with Crippen LogP contribution in [0, 0.1) is 6.92 Å². The Morgan fingerprint density at radius 3 is 2.15 bits per heavy atom. The van der Waals surface area contributed by atoms with E-state index in [2.05, 4.69) is 27.5 Å². The van der Waals surface area contributed by atoms with Gasteiger partial charge in [0.15, 0.2) is 5.96 Å². The van der Waals surface area contributed by atoms with Crippen molar-refractivity contribution >= 4 is 17.3 Å². The largest absolute Gasteiger partial charge is 0.496 e. The highest BCUT2D eigenvalue weighted by atomic mass is 32.1. The number of methoxy groups -OCH3 is 3. The SMILES string of the molecule is CN=C(NCCc1ncc(C)s1)NCCc1c(OC)cc(OC)cc1OC. The smallest absolute Gasteiger partial charge is 0.191 e. The lowest BCUT2D eigenvalue weighted by Crippen LogP contribution is -2.39. The molecule has 0 saturated carbocycles. The molecule has 148 valence electrons. The minimum Gasteiger partial charge on any atom is -0.496 e. The fourth-order valence-corrected chi connectivity index (χ4v) is 3.44. The van der Waals surface area contributed by atoms with E-state index in [1.165, 1.54) is 4.88 Å². The van der Waals surface area contributed by atoms with Crippen LogP contribution in [0.1, 0.15) is 15.4 Å². The van der Waals surface area contributed by atoms with Gasteiger partial charge in [-0.3, -0.25) is 4.99 Å². The third-order valence-electron chi connectivity index (χ3n) is 4.01. The Kier molecular flexibility index (Phi) is 8.19. The van der Waals surface area contributed by atoms with E-state index in [0.717, 1.165) is 47.4 Å². The van der Waals surface area contributed by atoms with Gasteiger partial charge in [-0.15, -0.1) is 11.3 Å². The molecule has 0 atom stereocenters. The second-order valence-corrected chi connectivity index (χ2v) is 7.12. The van der Waals surface area contributed by atoms with E-state index in [0.29, 0.717) is 12.3 Å². The van der Waals surface area contributed by atoms with Crippen molar-refractivity contribution in [2.45, 2.75) is 19.8 Å². The molecule has 7 nitrogen and oxygen atoms in total. The minimum absolute atomic E-state index is 0.690. The molecular formula is C19H28N4O3S. The van der Waals surface area contributed by atoms with Gasteiger partial charge in [-0.2, -0.15) is 0 Å². The highest BCUT2D eigenvalue weighted by Gasteiger charge is 2.13. The molecule has 27 heavy (non-hydrogen) atoms. The Morgan fingerprint density at radius 1 is 1.04 bits per heavy atom. The monoisotopic (exact) mass is 392 g/mol. The van der Waals surface area contributed by atoms with Crippen molar-refractivity contribution < 1.29 is 14.2 Å². The average molecular weight is 393 g/mol. The van der Waals surface area contributed by atoms with Gasteiger partial charge >= 0.3 is 0 Å². The van der Waals surface area contributed by atoms with E-state index in [9.17, 15) is 0 Å². The van der Waals surface area contributed by atoms with E-state index in [4.69, 9.17) is 14.2 Å². The van der Waals surface area contributed by atoms with Crippen LogP contribution in [0.25, 0.3) is 0 Å². The lowest BCUT2D eigenvalue weighted by molar-refractivity contribution is 0.368. The first-order valence-electron chi connectivity index (χ1n) is 8.76. The number of nitrogens with zero attached hydrogens (tertiary/aromatic N) is 2. The summed E-state index contributed by atoms with van der Waals surface area (Å²) in [6.07, 6.45) is 3.50. The van der Waals surface area contributed by atoms with Gasteiger partial charge < -0.3 is 24.8 Å². The lowest BCUT2D eigenvalue weighted by atomic mass is 10.1. The minimum atomic E-state index is 0.690. The molecule has 0 aliphatic carbocycles. The average Bonchev–Trinajstić information content (AvgIpc) is 3.11. The van der Waals surface area contributed by atoms with E-state index in [1.54, 1.807) is 39.7 Å². The van der Waals surface area contributed by atoms with Crippen molar-refractivity contribution in [1.82, 2.24) is 15.6 Å². The number of ether oxygens (including phenoxy) is 3. The van der Waals surface area contributed by atoms with Crippen LogP contribution in [0.4, 0.5) is 0 Å². The standard InChI is InChI=1S/C19H28N4O3S/c1-13-12-23-18(27-13)7-9-22-19(20-2)21-8-6-15-16(25-4)10-14(24-3)11-17(15)26-5/h10-12H,6-9H2,1-5H3,(H2,20,21,22). The van der Waals surface area contributed by atoms with Gasteiger partial charge in [0.05, 0.1) is 26.3 Å². The summed E-state index contributed by atoms with van der Waals surface area (Å²) in [5.74, 6) is 2.95. The number of aromatic nitrogens is 1. The molecule has 0 saturated heterocycles. The highest BCUT2D eigenvalue weighted by molar-refractivity contribution is 7.11. The van der Waals surface area contributed by atoms with Crippen molar-refractivity contribution in [2.75, 3.05) is 41.5 Å². The van der Waals surface area contributed by atoms with Gasteiger partial charge in [0, 0.05) is 55.3 Å². The zero-order chi connectivity index (χ0) is 19.6. The molecule has 0 bridgehead atoms. The summed E-state index contributed by atoms with van der Waals surface area (Å²) in [7, 11) is 6.67. The van der Waals surface area contributed by atoms with Crippen LogP contribution in [-0.2, 0) is 12.8 Å². The van der Waals surface area contributed by atoms with Crippen LogP contribution in [0.15, 0.2) is 23.3 Å². The molecule has 1 aromatic carbocycles. The van der Waals surface area contributed by atoms with Crippen molar-refractivity contribution in [3.63, 3.8) is 0 Å². The Labute approximate surface area is 164 Å². The number of thiazole rings is 1. The van der Waals surface area contributed by atoms with Crippen LogP contribution in [0.3, 0.4) is 0 Å². The Hall–Kier alpha value is -2.48. The zero-order valence-electron chi connectivity index (χ0n) is 16.6. The second kappa shape index (κ2) is 10.6. The van der Waals surface area contributed by atoms with Gasteiger partial charge in [-0.05, 0) is 13.3 Å². The molecule has 0 radical (unpaired) electrons. The second-order valence-electron chi connectivity index (χ2n) is 5.80. The summed E-state index contributed by atoms with van der Waals surface area (Å²) in [6.45, 7) is 3.54. The quantitative estimate of drug-likeness (QED) is 0.504. The molecule has 0 amide bonds. The maximum atomic E-state index is 5.49. The molecule has 2 aromatic rings. The van der Waals surface area contributed by atoms with Gasteiger partial charge in [-0.25, -0.2) is 4.98 Å². The molecule has 0 aliphatic rings. The predicted molar refractivity (Wildman–Crippen MR) is 110 cm³/mol. The van der Waals surface area contributed by atoms with Gasteiger partial charge in [0.2, 0.25) is 0 Å². The first-order valence-corrected chi connectivity index (χ1v) is 9.57. The number of aryl methyl sites for hydroxylation is 1. The van der Waals surface area contributed by atoms with Crippen LogP contribution in [0.5, 0.6) is 17.2 Å². The van der Waals surface area contributed by atoms with Crippen LogP contribution in [0.2, 0.25) is 0 Å². The Morgan fingerprint density at radius 2 is 1.67 bits per heavy atom. The number of nitrogens with one attached hydrogen (secondary N) is 2. The van der Waals surface area contributed by atoms with Crippen molar-refractivity contribution in [3.8, 4) is 17.2 Å². The number of guanidine groups is 1. The van der Waals surface area contributed by atoms with Crippen LogP contribution in [-0.4, -0.2) is 52.4 Å². The third-order valence-corrected chi connectivity index (χ3v) is 4.98. The summed E-state index contributed by atoms with van der Waals surface area (Å²) in [6, 6.07) is 3.72. The first-order chi connectivity index (χ1) is 13.1. The lowest BCUT2D eigenvalue weighted by Gasteiger charge is -2.16. The normalized spacial score (nSPS) is 11.2. The number of rotatable bonds is 9. The van der Waals surface area contributed by atoms with Gasteiger partial charge in [0.1, 0.15) is 17.2 Å². The highest BCUT2D eigenvalue weighted by Crippen LogP contribution is 2.34. The maximum absolute atomic E-state index is 5.49. The summed E-state index contributed by atoms with van der Waals surface area (Å²) in [5.41, 5.74) is 0.988. The van der Waals surface area contributed by atoms with Crippen molar-refractivity contribution in [1.29, 1.82) is 0 Å². The molecular weight excluding hydrogens is 364 g/mol. The topological polar surface area (TPSA) is 77.0 Å². The molecule has 0 unspecified atom stereocenters. The maximum Gasteiger partial charge on any atom is 0.191 e. The van der Waals surface area contributed by atoms with E-state index in [1.807, 2.05) is 18.3 Å². The van der Waals surface area contributed by atoms with Crippen LogP contribution < -0.4 is 24.8 Å². The summed E-state index contributed by atoms with van der Waals surface area (Å²) < 4.78 is 16.3. The van der Waals surface area contributed by atoms with Gasteiger partial charge in [-0.1, -0.05) is 0 Å². The van der Waals surface area contributed by atoms with Crippen molar-refractivity contribution in [2.24, 2.45) is 4.99 Å². The van der Waals surface area contributed by atoms with Crippen LogP contribution >= 0.6 is 11.3 Å². The third kappa shape index (κ3) is 6.02. The number of aliphatic imine (C=N–C) groups is 1. The first kappa shape index (κ1) is 20.8. The summed E-state index contributed by atoms with van der Waals surface area (Å²) >= 11 is 1.72. The van der Waals surface area contributed by atoms with E-state index < -0.39 is 0 Å². The number of benzene rings is 1. The number of hydrogen-bond acceptors (Lipinski definition) is 6. The molecule has 0 aliphatic heterocycles. The molecule has 0 spiro atoms. The summed E-state index contributed by atoms with van der Waals surface area (Å²) in [5, 5.41) is 7.76. The molecule has 8 heteroatoms. The fraction of sp³-hybridized carbons (Fsp3) is 0.474. The molecule has 2 N–H and O–H groups in total. The zero-order valence-corrected chi connectivity index (χ0v) is 17.4. The fourth-order valence-electron chi connectivity index (χ4n) is 2.66. The molecule has 2 rings (SSSR count). The Balaban J connectivity index is 1.88. The molecule has 1 aromatic heterocycles. The molecule has 1 heterocycles.